The van der Waals surface area contributed by atoms with E-state index in [-0.39, 0.29) is 24.4 Å². The van der Waals surface area contributed by atoms with Gasteiger partial charge in [0.2, 0.25) is 5.91 Å². The summed E-state index contributed by atoms with van der Waals surface area (Å²) in [6.45, 7) is 4.90. The first kappa shape index (κ1) is 24.7. The van der Waals surface area contributed by atoms with Crippen molar-refractivity contribution in [1.29, 1.82) is 0 Å². The van der Waals surface area contributed by atoms with Crippen LogP contribution in [0, 0.1) is 6.92 Å². The van der Waals surface area contributed by atoms with E-state index in [1.54, 1.807) is 30.2 Å². The first-order valence-electron chi connectivity index (χ1n) is 12.9. The fourth-order valence-electron chi connectivity index (χ4n) is 4.69. The standard InChI is InChI=1S/C29H33N5O3/c1-21-7-9-22(10-8-21)26-13-14-27(31-30-26)32-15-4-16-33(18-17-32)28(35)20-34(24-11-12-24)29(36)23-5-3-6-25(19-23)37-2/h3,5-10,13-14,19,24H,4,11-12,15-18,20H2,1-2H3. The lowest BCUT2D eigenvalue weighted by atomic mass is 10.1. The predicted molar refractivity (Wildman–Crippen MR) is 143 cm³/mol. The van der Waals surface area contributed by atoms with Crippen molar-refractivity contribution in [2.24, 2.45) is 0 Å². The molecule has 0 unspecified atom stereocenters. The summed E-state index contributed by atoms with van der Waals surface area (Å²) in [5, 5.41) is 8.91. The van der Waals surface area contributed by atoms with Gasteiger partial charge in [-0.1, -0.05) is 35.9 Å². The smallest absolute Gasteiger partial charge is 0.254 e. The second-order valence-corrected chi connectivity index (χ2v) is 9.76. The van der Waals surface area contributed by atoms with E-state index in [2.05, 4.69) is 46.3 Å². The highest BCUT2D eigenvalue weighted by molar-refractivity contribution is 5.97. The summed E-state index contributed by atoms with van der Waals surface area (Å²) < 4.78 is 5.27. The first-order chi connectivity index (χ1) is 18.0. The van der Waals surface area contributed by atoms with Gasteiger partial charge in [-0.05, 0) is 56.5 Å². The van der Waals surface area contributed by atoms with Crippen molar-refractivity contribution < 1.29 is 14.3 Å². The van der Waals surface area contributed by atoms with Gasteiger partial charge >= 0.3 is 0 Å². The van der Waals surface area contributed by atoms with Gasteiger partial charge in [-0.15, -0.1) is 10.2 Å². The van der Waals surface area contributed by atoms with E-state index in [9.17, 15) is 9.59 Å². The molecule has 2 amide bonds. The molecule has 1 saturated heterocycles. The summed E-state index contributed by atoms with van der Waals surface area (Å²) in [5.41, 5.74) is 3.65. The normalized spacial score (nSPS) is 15.7. The third-order valence-corrected chi connectivity index (χ3v) is 7.04. The van der Waals surface area contributed by atoms with Crippen molar-refractivity contribution in [2.75, 3.05) is 44.7 Å². The van der Waals surface area contributed by atoms with E-state index in [1.165, 1.54) is 5.56 Å². The minimum Gasteiger partial charge on any atom is -0.497 e. The van der Waals surface area contributed by atoms with Gasteiger partial charge in [-0.2, -0.15) is 0 Å². The van der Waals surface area contributed by atoms with E-state index in [1.807, 2.05) is 23.1 Å². The molecule has 8 heteroatoms. The summed E-state index contributed by atoms with van der Waals surface area (Å²) in [5.74, 6) is 1.33. The SMILES string of the molecule is COc1cccc(C(=O)N(CC(=O)N2CCCN(c3ccc(-c4ccc(C)cc4)nn3)CC2)C2CC2)c1. The van der Waals surface area contributed by atoms with Crippen LogP contribution < -0.4 is 9.64 Å². The van der Waals surface area contributed by atoms with E-state index >= 15 is 0 Å². The number of aromatic nitrogens is 2. The van der Waals surface area contributed by atoms with Crippen LogP contribution in [0.1, 0.15) is 35.2 Å². The van der Waals surface area contributed by atoms with Crippen LogP contribution in [0.5, 0.6) is 5.75 Å². The van der Waals surface area contributed by atoms with Crippen LogP contribution in [0.25, 0.3) is 11.3 Å². The number of hydrogen-bond acceptors (Lipinski definition) is 6. The summed E-state index contributed by atoms with van der Waals surface area (Å²) >= 11 is 0. The molecule has 3 aromatic rings. The Kier molecular flexibility index (Phi) is 7.35. The maximum atomic E-state index is 13.3. The van der Waals surface area contributed by atoms with Crippen LogP contribution in [0.3, 0.4) is 0 Å². The van der Waals surface area contributed by atoms with E-state index in [4.69, 9.17) is 4.74 Å². The lowest BCUT2D eigenvalue weighted by Crippen LogP contribution is -2.45. The minimum atomic E-state index is -0.116. The predicted octanol–water partition coefficient (Wildman–Crippen LogP) is 3.80. The highest BCUT2D eigenvalue weighted by Crippen LogP contribution is 2.29. The highest BCUT2D eigenvalue weighted by atomic mass is 16.5. The number of hydrogen-bond donors (Lipinski definition) is 0. The second-order valence-electron chi connectivity index (χ2n) is 9.76. The van der Waals surface area contributed by atoms with Crippen LogP contribution in [0.2, 0.25) is 0 Å². The molecule has 0 atom stereocenters. The molecular weight excluding hydrogens is 466 g/mol. The van der Waals surface area contributed by atoms with Crippen molar-refractivity contribution in [1.82, 2.24) is 20.0 Å². The average Bonchev–Trinajstić information content (AvgIpc) is 3.79. The maximum Gasteiger partial charge on any atom is 0.254 e. The van der Waals surface area contributed by atoms with Crippen molar-refractivity contribution in [3.8, 4) is 17.0 Å². The van der Waals surface area contributed by atoms with Gasteiger partial charge in [0.05, 0.1) is 12.8 Å². The Morgan fingerprint density at radius 2 is 1.78 bits per heavy atom. The molecule has 2 fully saturated rings. The molecule has 1 aliphatic carbocycles. The maximum absolute atomic E-state index is 13.3. The van der Waals surface area contributed by atoms with Crippen LogP contribution in [-0.2, 0) is 4.79 Å². The fraction of sp³-hybridized carbons (Fsp3) is 0.379. The van der Waals surface area contributed by atoms with Crippen LogP contribution >= 0.6 is 0 Å². The van der Waals surface area contributed by atoms with E-state index in [0.717, 1.165) is 42.9 Å². The van der Waals surface area contributed by atoms with E-state index in [0.29, 0.717) is 30.9 Å². The minimum absolute atomic E-state index is 0.00852. The van der Waals surface area contributed by atoms with Gasteiger partial charge in [0.25, 0.3) is 5.91 Å². The summed E-state index contributed by atoms with van der Waals surface area (Å²) in [4.78, 5) is 32.3. The summed E-state index contributed by atoms with van der Waals surface area (Å²) in [7, 11) is 1.58. The Morgan fingerprint density at radius 1 is 0.973 bits per heavy atom. The number of amides is 2. The second kappa shape index (κ2) is 11.0. The third kappa shape index (κ3) is 5.90. The van der Waals surface area contributed by atoms with Crippen molar-refractivity contribution in [3.05, 3.63) is 71.8 Å². The number of methoxy groups -OCH3 is 1. The number of aryl methyl sites for hydroxylation is 1. The largest absolute Gasteiger partial charge is 0.497 e. The Hall–Kier alpha value is -3.94. The Bertz CT molecular complexity index is 1240. The molecule has 0 radical (unpaired) electrons. The lowest BCUT2D eigenvalue weighted by Gasteiger charge is -2.27. The Morgan fingerprint density at radius 3 is 2.49 bits per heavy atom. The molecule has 0 spiro atoms. The first-order valence-corrected chi connectivity index (χ1v) is 12.9. The number of rotatable bonds is 7. The van der Waals surface area contributed by atoms with Gasteiger partial charge in [-0.25, -0.2) is 0 Å². The van der Waals surface area contributed by atoms with Gasteiger partial charge in [-0.3, -0.25) is 9.59 Å². The average molecular weight is 500 g/mol. The zero-order valence-corrected chi connectivity index (χ0v) is 21.5. The molecule has 37 heavy (non-hydrogen) atoms. The molecule has 2 aromatic carbocycles. The summed E-state index contributed by atoms with van der Waals surface area (Å²) in [6.07, 6.45) is 2.71. The topological polar surface area (TPSA) is 78.9 Å². The number of ether oxygens (including phenoxy) is 1. The number of anilines is 1. The molecule has 1 aliphatic heterocycles. The number of carbonyl (C=O) groups is 2. The molecule has 1 saturated carbocycles. The Labute approximate surface area is 217 Å². The lowest BCUT2D eigenvalue weighted by molar-refractivity contribution is -0.131. The molecule has 2 heterocycles. The number of carbonyl (C=O) groups excluding carboxylic acids is 2. The molecule has 5 rings (SSSR count). The zero-order valence-electron chi connectivity index (χ0n) is 21.5. The molecule has 0 N–H and O–H groups in total. The van der Waals surface area contributed by atoms with Gasteiger partial charge in [0.15, 0.2) is 5.82 Å². The summed E-state index contributed by atoms with van der Waals surface area (Å²) in [6, 6.07) is 19.5. The fourth-order valence-corrected chi connectivity index (χ4v) is 4.69. The monoisotopic (exact) mass is 499 g/mol. The number of benzene rings is 2. The highest BCUT2D eigenvalue weighted by Gasteiger charge is 2.35. The van der Waals surface area contributed by atoms with E-state index < -0.39 is 0 Å². The molecule has 8 nitrogen and oxygen atoms in total. The number of nitrogens with zero attached hydrogens (tertiary/aromatic N) is 5. The van der Waals surface area contributed by atoms with Crippen molar-refractivity contribution >= 4 is 17.6 Å². The van der Waals surface area contributed by atoms with Gasteiger partial charge in [0, 0.05) is 43.3 Å². The molecule has 192 valence electrons. The van der Waals surface area contributed by atoms with Crippen LogP contribution in [-0.4, -0.2) is 77.7 Å². The van der Waals surface area contributed by atoms with Crippen molar-refractivity contribution in [2.45, 2.75) is 32.2 Å². The van der Waals surface area contributed by atoms with Crippen molar-refractivity contribution in [3.63, 3.8) is 0 Å². The molecular formula is C29H33N5O3. The van der Waals surface area contributed by atoms with Gasteiger partial charge in [0.1, 0.15) is 12.3 Å². The molecule has 2 aliphatic rings. The van der Waals surface area contributed by atoms with Crippen LogP contribution in [0.15, 0.2) is 60.7 Å². The molecule has 1 aromatic heterocycles. The van der Waals surface area contributed by atoms with Crippen LogP contribution in [0.4, 0.5) is 5.82 Å². The Balaban J connectivity index is 1.20. The van der Waals surface area contributed by atoms with Gasteiger partial charge < -0.3 is 19.4 Å². The third-order valence-electron chi connectivity index (χ3n) is 7.04. The molecule has 0 bridgehead atoms. The zero-order chi connectivity index (χ0) is 25.8. The quantitative estimate of drug-likeness (QED) is 0.492.